The van der Waals surface area contributed by atoms with Crippen molar-refractivity contribution < 1.29 is 13.9 Å². The molecule has 1 aliphatic rings. The van der Waals surface area contributed by atoms with Crippen LogP contribution in [0.1, 0.15) is 23.6 Å². The van der Waals surface area contributed by atoms with Crippen LogP contribution in [0.25, 0.3) is 0 Å². The number of halogens is 2. The van der Waals surface area contributed by atoms with Crippen molar-refractivity contribution in [3.05, 3.63) is 28.0 Å². The first kappa shape index (κ1) is 12.1. The first-order valence-corrected chi connectivity index (χ1v) is 5.58. The molecule has 1 aromatic rings. The third kappa shape index (κ3) is 2.08. The van der Waals surface area contributed by atoms with E-state index in [0.717, 1.165) is 12.0 Å². The van der Waals surface area contributed by atoms with Gasteiger partial charge in [0.15, 0.2) is 5.82 Å². The lowest BCUT2D eigenvalue weighted by atomic mass is 9.97. The molecule has 1 aliphatic heterocycles. The number of carbonyl (C=O) groups excluding carboxylic acids is 1. The zero-order valence-electron chi connectivity index (χ0n) is 9.00. The zero-order chi connectivity index (χ0) is 12.6. The molecule has 2 rings (SSSR count). The average molecular weight is 259 g/mol. The quantitative estimate of drug-likeness (QED) is 0.839. The van der Waals surface area contributed by atoms with Crippen molar-refractivity contribution >= 4 is 17.5 Å². The summed E-state index contributed by atoms with van der Waals surface area (Å²) in [4.78, 5) is 11.1. The Morgan fingerprint density at radius 1 is 1.59 bits per heavy atom. The van der Waals surface area contributed by atoms with E-state index in [1.54, 1.807) is 0 Å². The van der Waals surface area contributed by atoms with Gasteiger partial charge in [-0.2, -0.15) is 0 Å². The van der Waals surface area contributed by atoms with E-state index in [9.17, 15) is 9.18 Å². The van der Waals surface area contributed by atoms with E-state index < -0.39 is 17.8 Å². The fraction of sp³-hybridized carbons (Fsp3) is 0.364. The van der Waals surface area contributed by atoms with Crippen LogP contribution in [0.4, 0.5) is 4.39 Å². The number of benzene rings is 1. The van der Waals surface area contributed by atoms with Crippen LogP contribution < -0.4 is 16.2 Å². The Balaban J connectivity index is 2.62. The molecular weight excluding hydrogens is 247 g/mol. The van der Waals surface area contributed by atoms with Gasteiger partial charge in [-0.1, -0.05) is 11.6 Å². The third-order valence-electron chi connectivity index (χ3n) is 2.74. The maximum atomic E-state index is 13.9. The maximum absolute atomic E-state index is 13.9. The Morgan fingerprint density at radius 3 is 2.94 bits per heavy atom. The van der Waals surface area contributed by atoms with Crippen molar-refractivity contribution in [2.24, 2.45) is 11.5 Å². The van der Waals surface area contributed by atoms with E-state index in [0.29, 0.717) is 18.8 Å². The molecule has 1 atom stereocenters. The number of nitrogens with two attached hydrogens (primary N) is 2. The number of ether oxygens (including phenoxy) is 1. The summed E-state index contributed by atoms with van der Waals surface area (Å²) in [6.07, 6.45) is 1.54. The summed E-state index contributed by atoms with van der Waals surface area (Å²) in [5.41, 5.74) is 11.4. The summed E-state index contributed by atoms with van der Waals surface area (Å²) in [6, 6.07) is 0.253. The van der Waals surface area contributed by atoms with Gasteiger partial charge in [0.2, 0.25) is 5.91 Å². The number of carbonyl (C=O) groups is 1. The number of hydrogen-bond donors (Lipinski definition) is 2. The van der Waals surface area contributed by atoms with Crippen LogP contribution in [0.3, 0.4) is 0 Å². The second kappa shape index (κ2) is 4.50. The molecule has 4 N–H and O–H groups in total. The van der Waals surface area contributed by atoms with Gasteiger partial charge in [0.25, 0.3) is 0 Å². The van der Waals surface area contributed by atoms with Gasteiger partial charge in [-0.15, -0.1) is 0 Å². The molecule has 17 heavy (non-hydrogen) atoms. The lowest BCUT2D eigenvalue weighted by molar-refractivity contribution is -0.119. The molecule has 4 nitrogen and oxygen atoms in total. The van der Waals surface area contributed by atoms with Crippen LogP contribution >= 0.6 is 11.6 Å². The summed E-state index contributed by atoms with van der Waals surface area (Å²) in [6.45, 7) is 0.465. The van der Waals surface area contributed by atoms with Gasteiger partial charge < -0.3 is 16.2 Å². The van der Waals surface area contributed by atoms with E-state index in [-0.39, 0.29) is 10.6 Å². The average Bonchev–Trinajstić information content (AvgIpc) is 2.30. The number of fused-ring (bicyclic) bond motifs is 1. The summed E-state index contributed by atoms with van der Waals surface area (Å²) in [5, 5.41) is -0.0686. The fourth-order valence-corrected chi connectivity index (χ4v) is 2.13. The van der Waals surface area contributed by atoms with Gasteiger partial charge in [0.1, 0.15) is 11.8 Å². The molecule has 6 heteroatoms. The summed E-state index contributed by atoms with van der Waals surface area (Å²) < 4.78 is 19.3. The predicted octanol–water partition coefficient (Wildman–Crippen LogP) is 1.29. The standard InChI is InChI=1S/C11H12ClFN2O2/c12-6-4-5-2-1-3-17-10(5)7(8(6)13)9(14)11(15)16/h4,9H,1-3,14H2,(H2,15,16). The third-order valence-corrected chi connectivity index (χ3v) is 3.01. The number of primary amides is 1. The molecule has 0 fully saturated rings. The zero-order valence-corrected chi connectivity index (χ0v) is 9.76. The van der Waals surface area contributed by atoms with Crippen molar-refractivity contribution in [2.75, 3.05) is 6.61 Å². The lowest BCUT2D eigenvalue weighted by Crippen LogP contribution is -2.30. The van der Waals surface area contributed by atoms with Crippen LogP contribution in [0.5, 0.6) is 5.75 Å². The first-order chi connectivity index (χ1) is 8.02. The van der Waals surface area contributed by atoms with Crippen molar-refractivity contribution in [1.29, 1.82) is 0 Å². The minimum Gasteiger partial charge on any atom is -0.493 e. The molecule has 0 radical (unpaired) electrons. The highest BCUT2D eigenvalue weighted by Crippen LogP contribution is 2.37. The molecule has 0 bridgehead atoms. The normalized spacial score (nSPS) is 15.9. The topological polar surface area (TPSA) is 78.3 Å². The molecule has 92 valence electrons. The van der Waals surface area contributed by atoms with E-state index >= 15 is 0 Å². The van der Waals surface area contributed by atoms with E-state index in [1.165, 1.54) is 6.07 Å². The minimum absolute atomic E-state index is 0.0419. The summed E-state index contributed by atoms with van der Waals surface area (Å²) >= 11 is 5.76. The Morgan fingerprint density at radius 2 is 2.29 bits per heavy atom. The fourth-order valence-electron chi connectivity index (χ4n) is 1.90. The Kier molecular flexibility index (Phi) is 3.22. The van der Waals surface area contributed by atoms with Gasteiger partial charge in [0.05, 0.1) is 17.2 Å². The van der Waals surface area contributed by atoms with Crippen LogP contribution in [-0.2, 0) is 11.2 Å². The van der Waals surface area contributed by atoms with Gasteiger partial charge in [-0.05, 0) is 24.5 Å². The number of rotatable bonds is 2. The van der Waals surface area contributed by atoms with Gasteiger partial charge in [-0.25, -0.2) is 4.39 Å². The van der Waals surface area contributed by atoms with Gasteiger partial charge in [0, 0.05) is 0 Å². The molecule has 1 amide bonds. The van der Waals surface area contributed by atoms with Crippen molar-refractivity contribution in [3.63, 3.8) is 0 Å². The van der Waals surface area contributed by atoms with Crippen LogP contribution in [-0.4, -0.2) is 12.5 Å². The molecular formula is C11H12ClFN2O2. The molecule has 1 aromatic carbocycles. The Bertz CT molecular complexity index is 479. The highest BCUT2D eigenvalue weighted by Gasteiger charge is 2.27. The predicted molar refractivity (Wildman–Crippen MR) is 61.3 cm³/mol. The molecule has 1 unspecified atom stereocenters. The Hall–Kier alpha value is -1.33. The minimum atomic E-state index is -1.25. The van der Waals surface area contributed by atoms with Crippen molar-refractivity contribution in [1.82, 2.24) is 0 Å². The SMILES string of the molecule is NC(=O)C(N)c1c(F)c(Cl)cc2c1OCCC2. The highest BCUT2D eigenvalue weighted by atomic mass is 35.5. The highest BCUT2D eigenvalue weighted by molar-refractivity contribution is 6.31. The number of aryl methyl sites for hydroxylation is 1. The lowest BCUT2D eigenvalue weighted by Gasteiger charge is -2.23. The number of hydrogen-bond acceptors (Lipinski definition) is 3. The molecule has 0 aromatic heterocycles. The first-order valence-electron chi connectivity index (χ1n) is 5.21. The van der Waals surface area contributed by atoms with E-state index in [2.05, 4.69) is 0 Å². The summed E-state index contributed by atoms with van der Waals surface area (Å²) in [5.74, 6) is -1.24. The monoisotopic (exact) mass is 258 g/mol. The van der Waals surface area contributed by atoms with E-state index in [4.69, 9.17) is 27.8 Å². The van der Waals surface area contributed by atoms with Crippen LogP contribution in [0, 0.1) is 5.82 Å². The van der Waals surface area contributed by atoms with Gasteiger partial charge in [-0.3, -0.25) is 4.79 Å². The second-order valence-electron chi connectivity index (χ2n) is 3.91. The molecule has 1 heterocycles. The molecule has 0 saturated heterocycles. The van der Waals surface area contributed by atoms with Gasteiger partial charge >= 0.3 is 0 Å². The molecule has 0 spiro atoms. The maximum Gasteiger partial charge on any atom is 0.239 e. The van der Waals surface area contributed by atoms with Crippen molar-refractivity contribution in [2.45, 2.75) is 18.9 Å². The smallest absolute Gasteiger partial charge is 0.239 e. The van der Waals surface area contributed by atoms with Crippen molar-refractivity contribution in [3.8, 4) is 5.75 Å². The molecule has 0 saturated carbocycles. The number of amides is 1. The van der Waals surface area contributed by atoms with Crippen LogP contribution in [0.15, 0.2) is 6.07 Å². The second-order valence-corrected chi connectivity index (χ2v) is 4.31. The van der Waals surface area contributed by atoms with E-state index in [1.807, 2.05) is 0 Å². The molecule has 0 aliphatic carbocycles. The largest absolute Gasteiger partial charge is 0.493 e. The Labute approximate surface area is 103 Å². The summed E-state index contributed by atoms with van der Waals surface area (Å²) in [7, 11) is 0. The van der Waals surface area contributed by atoms with Crippen LogP contribution in [0.2, 0.25) is 5.02 Å².